The van der Waals surface area contributed by atoms with E-state index >= 15 is 0 Å². The van der Waals surface area contributed by atoms with Crippen LogP contribution in [-0.4, -0.2) is 12.5 Å². The Kier molecular flexibility index (Phi) is 3.55. The average molecular weight is 181 g/mol. The van der Waals surface area contributed by atoms with E-state index in [1.165, 1.54) is 0 Å². The molecule has 3 heteroatoms. The van der Waals surface area contributed by atoms with E-state index in [0.29, 0.717) is 12.4 Å². The van der Waals surface area contributed by atoms with Crippen molar-refractivity contribution < 1.29 is 9.15 Å². The van der Waals surface area contributed by atoms with Crippen LogP contribution in [0.2, 0.25) is 0 Å². The maximum Gasteiger partial charge on any atom is 0.250 e. The minimum Gasteiger partial charge on any atom is -0.475 e. The van der Waals surface area contributed by atoms with E-state index in [1.807, 2.05) is 13.0 Å². The van der Waals surface area contributed by atoms with Gasteiger partial charge < -0.3 is 9.15 Å². The van der Waals surface area contributed by atoms with Gasteiger partial charge in [0.25, 0.3) is 0 Å². The summed E-state index contributed by atoms with van der Waals surface area (Å²) in [5.74, 6) is 1.44. The van der Waals surface area contributed by atoms with Crippen LogP contribution in [0.15, 0.2) is 16.5 Å². The number of nitrogens with one attached hydrogen (secondary N) is 1. The second-order valence-electron chi connectivity index (χ2n) is 2.94. The molecule has 13 heavy (non-hydrogen) atoms. The summed E-state index contributed by atoms with van der Waals surface area (Å²) in [4.78, 5) is 0. The fraction of sp³-hybridized carbons (Fsp3) is 0.500. The second kappa shape index (κ2) is 4.70. The minimum atomic E-state index is 0.126. The summed E-state index contributed by atoms with van der Waals surface area (Å²) in [6, 6.07) is 3.58. The Morgan fingerprint density at radius 3 is 2.85 bits per heavy atom. The third-order valence-electron chi connectivity index (χ3n) is 1.71. The molecule has 0 aliphatic carbocycles. The van der Waals surface area contributed by atoms with Crippen LogP contribution in [0.3, 0.4) is 0 Å². The van der Waals surface area contributed by atoms with E-state index in [4.69, 9.17) is 14.6 Å². The lowest BCUT2D eigenvalue weighted by atomic mass is 10.3. The van der Waals surface area contributed by atoms with E-state index < -0.39 is 0 Å². The lowest BCUT2D eigenvalue weighted by molar-refractivity contribution is 0.287. The number of furan rings is 1. The molecule has 0 unspecified atom stereocenters. The van der Waals surface area contributed by atoms with Gasteiger partial charge >= 0.3 is 0 Å². The van der Waals surface area contributed by atoms with Crippen LogP contribution in [0.5, 0.6) is 0 Å². The summed E-state index contributed by atoms with van der Waals surface area (Å²) in [6.45, 7) is 4.53. The van der Waals surface area contributed by atoms with Crippen LogP contribution >= 0.6 is 0 Å². The van der Waals surface area contributed by atoms with Gasteiger partial charge in [-0.1, -0.05) is 13.3 Å². The molecule has 0 saturated carbocycles. The van der Waals surface area contributed by atoms with Crippen LogP contribution in [0.4, 0.5) is 0 Å². The van der Waals surface area contributed by atoms with Crippen LogP contribution < -0.4 is 0 Å². The molecule has 0 atom stereocenters. The topological polar surface area (TPSA) is 46.2 Å². The van der Waals surface area contributed by atoms with Crippen LogP contribution in [-0.2, 0) is 4.74 Å². The number of unbranched alkanes of at least 4 members (excludes halogenated alkanes) is 1. The lowest BCUT2D eigenvalue weighted by Gasteiger charge is -2.02. The minimum absolute atomic E-state index is 0.126. The van der Waals surface area contributed by atoms with Crippen molar-refractivity contribution in [2.24, 2.45) is 0 Å². The highest BCUT2D eigenvalue weighted by Gasteiger charge is 2.05. The zero-order chi connectivity index (χ0) is 9.68. The van der Waals surface area contributed by atoms with E-state index in [2.05, 4.69) is 6.92 Å². The van der Waals surface area contributed by atoms with Crippen LogP contribution in [0.1, 0.15) is 31.3 Å². The fourth-order valence-electron chi connectivity index (χ4n) is 0.946. The number of hydrogen-bond acceptors (Lipinski definition) is 3. The highest BCUT2D eigenvalue weighted by molar-refractivity contribution is 5.88. The average Bonchev–Trinajstić information content (AvgIpc) is 2.52. The van der Waals surface area contributed by atoms with Crippen molar-refractivity contribution in [3.63, 3.8) is 0 Å². The SMILES string of the molecule is CCCCOC(=N)c1ccc(C)o1. The van der Waals surface area contributed by atoms with Gasteiger partial charge in [0.05, 0.1) is 6.61 Å². The van der Waals surface area contributed by atoms with Crippen molar-refractivity contribution in [3.05, 3.63) is 23.7 Å². The van der Waals surface area contributed by atoms with E-state index in [-0.39, 0.29) is 5.90 Å². The molecule has 0 saturated heterocycles. The first kappa shape index (κ1) is 9.84. The third-order valence-corrected chi connectivity index (χ3v) is 1.71. The van der Waals surface area contributed by atoms with Gasteiger partial charge in [-0.2, -0.15) is 0 Å². The molecule has 1 aromatic heterocycles. The van der Waals surface area contributed by atoms with Crippen molar-refractivity contribution in [2.45, 2.75) is 26.7 Å². The van der Waals surface area contributed by atoms with Crippen molar-refractivity contribution >= 4 is 5.90 Å². The zero-order valence-electron chi connectivity index (χ0n) is 8.09. The van der Waals surface area contributed by atoms with E-state index in [0.717, 1.165) is 18.6 Å². The van der Waals surface area contributed by atoms with Crippen LogP contribution in [0.25, 0.3) is 0 Å². The molecular weight excluding hydrogens is 166 g/mol. The Labute approximate surface area is 78.2 Å². The predicted octanol–water partition coefficient (Wildman–Crippen LogP) is 2.73. The first-order valence-corrected chi connectivity index (χ1v) is 4.52. The maximum absolute atomic E-state index is 7.51. The largest absolute Gasteiger partial charge is 0.475 e. The molecule has 0 radical (unpaired) electrons. The normalized spacial score (nSPS) is 10.0. The van der Waals surface area contributed by atoms with Gasteiger partial charge in [0.15, 0.2) is 5.76 Å². The van der Waals surface area contributed by atoms with Gasteiger partial charge in [0.2, 0.25) is 5.90 Å². The monoisotopic (exact) mass is 181 g/mol. The van der Waals surface area contributed by atoms with Crippen molar-refractivity contribution in [1.29, 1.82) is 5.41 Å². The van der Waals surface area contributed by atoms with E-state index in [1.54, 1.807) is 6.07 Å². The highest BCUT2D eigenvalue weighted by atomic mass is 16.5. The molecular formula is C10H15NO2. The standard InChI is InChI=1S/C10H15NO2/c1-3-4-7-12-10(11)9-6-5-8(2)13-9/h5-6,11H,3-4,7H2,1-2H3. The summed E-state index contributed by atoms with van der Waals surface area (Å²) in [5, 5.41) is 7.51. The Hall–Kier alpha value is -1.25. The molecule has 0 amide bonds. The Morgan fingerprint density at radius 1 is 1.54 bits per heavy atom. The fourth-order valence-corrected chi connectivity index (χ4v) is 0.946. The van der Waals surface area contributed by atoms with Gasteiger partial charge in [-0.25, -0.2) is 0 Å². The smallest absolute Gasteiger partial charge is 0.250 e. The summed E-state index contributed by atoms with van der Waals surface area (Å²) < 4.78 is 10.4. The second-order valence-corrected chi connectivity index (χ2v) is 2.94. The molecule has 1 heterocycles. The van der Waals surface area contributed by atoms with Crippen LogP contribution in [0, 0.1) is 12.3 Å². The molecule has 0 aliphatic rings. The summed E-state index contributed by atoms with van der Waals surface area (Å²) in [7, 11) is 0. The number of rotatable bonds is 4. The number of hydrogen-bond donors (Lipinski definition) is 1. The molecule has 0 aliphatic heterocycles. The van der Waals surface area contributed by atoms with Gasteiger partial charge in [-0.15, -0.1) is 0 Å². The van der Waals surface area contributed by atoms with Gasteiger partial charge in [0, 0.05) is 0 Å². The van der Waals surface area contributed by atoms with Gasteiger partial charge in [0.1, 0.15) is 5.76 Å². The summed E-state index contributed by atoms with van der Waals surface area (Å²) in [6.07, 6.45) is 2.05. The van der Waals surface area contributed by atoms with E-state index in [9.17, 15) is 0 Å². The molecule has 72 valence electrons. The summed E-state index contributed by atoms with van der Waals surface area (Å²) >= 11 is 0. The van der Waals surface area contributed by atoms with Crippen molar-refractivity contribution in [1.82, 2.24) is 0 Å². The number of ether oxygens (including phenoxy) is 1. The van der Waals surface area contributed by atoms with Crippen molar-refractivity contribution in [2.75, 3.05) is 6.61 Å². The molecule has 0 bridgehead atoms. The first-order chi connectivity index (χ1) is 6.24. The lowest BCUT2D eigenvalue weighted by Crippen LogP contribution is -2.04. The molecule has 0 fully saturated rings. The quantitative estimate of drug-likeness (QED) is 0.441. The molecule has 3 nitrogen and oxygen atoms in total. The Balaban J connectivity index is 2.40. The molecule has 0 aromatic carbocycles. The van der Waals surface area contributed by atoms with Crippen molar-refractivity contribution in [3.8, 4) is 0 Å². The highest BCUT2D eigenvalue weighted by Crippen LogP contribution is 2.07. The summed E-state index contributed by atoms with van der Waals surface area (Å²) in [5.41, 5.74) is 0. The Morgan fingerprint density at radius 2 is 2.31 bits per heavy atom. The Bertz CT molecular complexity index is 278. The molecule has 1 rings (SSSR count). The molecule has 0 spiro atoms. The van der Waals surface area contributed by atoms with Gasteiger partial charge in [-0.05, 0) is 25.5 Å². The first-order valence-electron chi connectivity index (χ1n) is 4.52. The zero-order valence-corrected chi connectivity index (χ0v) is 8.09. The van der Waals surface area contributed by atoms with Gasteiger partial charge in [-0.3, -0.25) is 5.41 Å². The predicted molar refractivity (Wildman–Crippen MR) is 51.1 cm³/mol. The third kappa shape index (κ3) is 2.93. The molecule has 1 N–H and O–H groups in total. The number of aryl methyl sites for hydroxylation is 1. The molecule has 1 aromatic rings. The maximum atomic E-state index is 7.51.